The highest BCUT2D eigenvalue weighted by atomic mass is 16.4. The second kappa shape index (κ2) is 3.91. The highest BCUT2D eigenvalue weighted by molar-refractivity contribution is 5.65. The lowest BCUT2D eigenvalue weighted by atomic mass is 10.0. The van der Waals surface area contributed by atoms with E-state index in [-0.39, 0.29) is 0 Å². The minimum atomic E-state index is -0.788. The molecule has 0 aliphatic carbocycles. The van der Waals surface area contributed by atoms with Crippen LogP contribution in [0.4, 0.5) is 10.6 Å². The number of carboxylic acid groups (broad SMARTS) is 1. The zero-order chi connectivity index (χ0) is 11.8. The molecular formula is C12H15N3O2. The fourth-order valence-corrected chi connectivity index (χ4v) is 2.88. The number of rotatable bonds is 1. The number of fused-ring (bicyclic) bond motifs is 1. The second-order valence-electron chi connectivity index (χ2n) is 4.80. The molecule has 1 aromatic rings. The van der Waals surface area contributed by atoms with Crippen LogP contribution < -0.4 is 4.90 Å². The summed E-state index contributed by atoms with van der Waals surface area (Å²) >= 11 is 0. The van der Waals surface area contributed by atoms with Gasteiger partial charge < -0.3 is 14.9 Å². The highest BCUT2D eigenvalue weighted by Crippen LogP contribution is 2.32. The molecule has 1 N–H and O–H groups in total. The van der Waals surface area contributed by atoms with Crippen LogP contribution >= 0.6 is 0 Å². The van der Waals surface area contributed by atoms with E-state index in [1.165, 1.54) is 4.90 Å². The molecule has 5 heteroatoms. The maximum atomic E-state index is 10.9. The topological polar surface area (TPSA) is 56.7 Å². The summed E-state index contributed by atoms with van der Waals surface area (Å²) in [4.78, 5) is 19.0. The fourth-order valence-electron chi connectivity index (χ4n) is 2.88. The normalized spacial score (nSPS) is 27.3. The molecule has 0 aromatic carbocycles. The molecule has 0 bridgehead atoms. The molecule has 2 aliphatic heterocycles. The Morgan fingerprint density at radius 1 is 1.24 bits per heavy atom. The van der Waals surface area contributed by atoms with Gasteiger partial charge in [0.25, 0.3) is 0 Å². The third kappa shape index (κ3) is 1.81. The number of hydrogen-bond donors (Lipinski definition) is 1. The largest absolute Gasteiger partial charge is 0.465 e. The maximum absolute atomic E-state index is 10.9. The van der Waals surface area contributed by atoms with Crippen molar-refractivity contribution in [1.29, 1.82) is 0 Å². The molecule has 1 amide bonds. The molecule has 0 radical (unpaired) electrons. The van der Waals surface area contributed by atoms with Gasteiger partial charge >= 0.3 is 6.09 Å². The van der Waals surface area contributed by atoms with Gasteiger partial charge in [-0.3, -0.25) is 0 Å². The van der Waals surface area contributed by atoms with Crippen molar-refractivity contribution in [2.75, 3.05) is 31.1 Å². The Morgan fingerprint density at radius 2 is 1.94 bits per heavy atom. The Labute approximate surface area is 99.7 Å². The van der Waals surface area contributed by atoms with E-state index in [0.29, 0.717) is 24.9 Å². The Balaban J connectivity index is 1.68. The molecular weight excluding hydrogens is 218 g/mol. The second-order valence-corrected chi connectivity index (χ2v) is 4.80. The molecule has 3 rings (SSSR count). The summed E-state index contributed by atoms with van der Waals surface area (Å²) in [7, 11) is 0. The molecule has 2 unspecified atom stereocenters. The van der Waals surface area contributed by atoms with Gasteiger partial charge in [-0.1, -0.05) is 6.07 Å². The molecule has 2 atom stereocenters. The Bertz CT molecular complexity index is 409. The van der Waals surface area contributed by atoms with Crippen molar-refractivity contribution in [2.45, 2.75) is 0 Å². The van der Waals surface area contributed by atoms with Crippen LogP contribution in [-0.2, 0) is 0 Å². The Morgan fingerprint density at radius 3 is 2.47 bits per heavy atom. The summed E-state index contributed by atoms with van der Waals surface area (Å²) in [5.74, 6) is 1.94. The number of amides is 1. The van der Waals surface area contributed by atoms with Crippen LogP contribution in [0, 0.1) is 11.8 Å². The average molecular weight is 233 g/mol. The van der Waals surface area contributed by atoms with Crippen molar-refractivity contribution in [3.05, 3.63) is 24.4 Å². The van der Waals surface area contributed by atoms with Crippen molar-refractivity contribution < 1.29 is 9.90 Å². The number of carbonyl (C=O) groups is 1. The minimum absolute atomic E-state index is 0.466. The van der Waals surface area contributed by atoms with Crippen molar-refractivity contribution >= 4 is 11.9 Å². The summed E-state index contributed by atoms with van der Waals surface area (Å²) in [6, 6.07) is 5.91. The van der Waals surface area contributed by atoms with Crippen molar-refractivity contribution in [1.82, 2.24) is 9.88 Å². The molecule has 0 saturated carbocycles. The number of likely N-dealkylation sites (tertiary alicyclic amines) is 1. The van der Waals surface area contributed by atoms with Crippen LogP contribution in [0.2, 0.25) is 0 Å². The van der Waals surface area contributed by atoms with E-state index in [0.717, 1.165) is 18.9 Å². The van der Waals surface area contributed by atoms with Gasteiger partial charge in [0.1, 0.15) is 5.82 Å². The minimum Gasteiger partial charge on any atom is -0.465 e. The third-order valence-corrected chi connectivity index (χ3v) is 3.73. The maximum Gasteiger partial charge on any atom is 0.407 e. The highest BCUT2D eigenvalue weighted by Gasteiger charge is 2.41. The third-order valence-electron chi connectivity index (χ3n) is 3.73. The molecule has 0 spiro atoms. The Kier molecular flexibility index (Phi) is 2.39. The fraction of sp³-hybridized carbons (Fsp3) is 0.500. The van der Waals surface area contributed by atoms with Crippen LogP contribution in [-0.4, -0.2) is 47.3 Å². The van der Waals surface area contributed by atoms with E-state index in [1.807, 2.05) is 18.2 Å². The van der Waals surface area contributed by atoms with Gasteiger partial charge in [-0.25, -0.2) is 9.78 Å². The van der Waals surface area contributed by atoms with Gasteiger partial charge in [0, 0.05) is 44.2 Å². The summed E-state index contributed by atoms with van der Waals surface area (Å²) in [6.45, 7) is 3.18. The first-order valence-electron chi connectivity index (χ1n) is 5.88. The van der Waals surface area contributed by atoms with Gasteiger partial charge in [0.05, 0.1) is 0 Å². The lowest BCUT2D eigenvalue weighted by molar-refractivity contribution is 0.153. The SMILES string of the molecule is O=C(O)N1CC2CN(c3ccccn3)CC2C1. The van der Waals surface area contributed by atoms with Crippen LogP contribution in [0.15, 0.2) is 24.4 Å². The van der Waals surface area contributed by atoms with Gasteiger partial charge in [-0.2, -0.15) is 0 Å². The smallest absolute Gasteiger partial charge is 0.407 e. The van der Waals surface area contributed by atoms with Gasteiger partial charge in [-0.15, -0.1) is 0 Å². The number of anilines is 1. The number of hydrogen-bond acceptors (Lipinski definition) is 3. The quantitative estimate of drug-likeness (QED) is 0.790. The summed E-state index contributed by atoms with van der Waals surface area (Å²) in [5, 5.41) is 8.95. The molecule has 2 fully saturated rings. The van der Waals surface area contributed by atoms with E-state index >= 15 is 0 Å². The van der Waals surface area contributed by atoms with Gasteiger partial charge in [0.15, 0.2) is 0 Å². The Hall–Kier alpha value is -1.78. The summed E-state index contributed by atoms with van der Waals surface area (Å²) in [6.07, 6.45) is 1.01. The predicted octanol–water partition coefficient (Wildman–Crippen LogP) is 1.13. The molecule has 3 heterocycles. The average Bonchev–Trinajstić information content (AvgIpc) is 2.87. The molecule has 17 heavy (non-hydrogen) atoms. The molecule has 1 aromatic heterocycles. The lowest BCUT2D eigenvalue weighted by Gasteiger charge is -2.20. The number of pyridine rings is 1. The van der Waals surface area contributed by atoms with Crippen molar-refractivity contribution in [3.8, 4) is 0 Å². The van der Waals surface area contributed by atoms with E-state index < -0.39 is 6.09 Å². The van der Waals surface area contributed by atoms with Crippen molar-refractivity contribution in [2.24, 2.45) is 11.8 Å². The first kappa shape index (κ1) is 10.4. The zero-order valence-corrected chi connectivity index (χ0v) is 9.49. The van der Waals surface area contributed by atoms with Gasteiger partial charge in [-0.05, 0) is 12.1 Å². The van der Waals surface area contributed by atoms with Gasteiger partial charge in [0.2, 0.25) is 0 Å². The lowest BCUT2D eigenvalue weighted by Crippen LogP contribution is -2.32. The zero-order valence-electron chi connectivity index (χ0n) is 9.49. The monoisotopic (exact) mass is 233 g/mol. The first-order chi connectivity index (χ1) is 8.24. The van der Waals surface area contributed by atoms with Crippen LogP contribution in [0.25, 0.3) is 0 Å². The van der Waals surface area contributed by atoms with Crippen molar-refractivity contribution in [3.63, 3.8) is 0 Å². The van der Waals surface area contributed by atoms with E-state index in [1.54, 1.807) is 6.20 Å². The van der Waals surface area contributed by atoms with Crippen LogP contribution in [0.1, 0.15) is 0 Å². The molecule has 2 saturated heterocycles. The molecule has 2 aliphatic rings. The summed E-state index contributed by atoms with van der Waals surface area (Å²) in [5.41, 5.74) is 0. The molecule has 90 valence electrons. The summed E-state index contributed by atoms with van der Waals surface area (Å²) < 4.78 is 0. The van der Waals surface area contributed by atoms with E-state index in [2.05, 4.69) is 9.88 Å². The number of aromatic nitrogens is 1. The molecule has 5 nitrogen and oxygen atoms in total. The standard InChI is InChI=1S/C12H15N3O2/c16-12(17)15-7-9-5-14(6-10(9)8-15)11-3-1-2-4-13-11/h1-4,9-10H,5-8H2,(H,16,17). The first-order valence-corrected chi connectivity index (χ1v) is 5.88. The van der Waals surface area contributed by atoms with Crippen LogP contribution in [0.5, 0.6) is 0 Å². The van der Waals surface area contributed by atoms with Crippen LogP contribution in [0.3, 0.4) is 0 Å². The van der Waals surface area contributed by atoms with E-state index in [4.69, 9.17) is 5.11 Å². The van der Waals surface area contributed by atoms with E-state index in [9.17, 15) is 4.79 Å². The number of nitrogens with zero attached hydrogens (tertiary/aromatic N) is 3. The predicted molar refractivity (Wildman–Crippen MR) is 63.0 cm³/mol.